The Hall–Kier alpha value is -0.730. The van der Waals surface area contributed by atoms with E-state index in [0.29, 0.717) is 0 Å². The van der Waals surface area contributed by atoms with Gasteiger partial charge in [0.2, 0.25) is 0 Å². The zero-order valence-corrected chi connectivity index (χ0v) is 9.75. The van der Waals surface area contributed by atoms with Crippen molar-refractivity contribution < 1.29 is 4.92 Å². The molecule has 0 heterocycles. The first-order chi connectivity index (χ1) is 6.91. The summed E-state index contributed by atoms with van der Waals surface area (Å²) in [5.74, 6) is 0. The Morgan fingerprint density at radius 2 is 1.60 bits per heavy atom. The fourth-order valence-electron chi connectivity index (χ4n) is 0.880. The van der Waals surface area contributed by atoms with Crippen molar-refractivity contribution in [3.63, 3.8) is 0 Å². The van der Waals surface area contributed by atoms with E-state index in [1.165, 1.54) is 0 Å². The second-order valence-electron chi connectivity index (χ2n) is 2.35. The van der Waals surface area contributed by atoms with Crippen LogP contribution in [0.25, 0.3) is 0 Å². The van der Waals surface area contributed by atoms with Crippen LogP contribution in [0.3, 0.4) is 0 Å². The van der Waals surface area contributed by atoms with Crippen LogP contribution in [-0.4, -0.2) is 4.92 Å². The van der Waals surface area contributed by atoms with Crippen LogP contribution in [0.4, 0.5) is 5.69 Å². The first kappa shape index (κ1) is 12.3. The van der Waals surface area contributed by atoms with E-state index in [1.54, 1.807) is 6.07 Å². The molecule has 0 atom stereocenters. The number of hydrogen-bond acceptors (Lipinski definition) is 3. The van der Waals surface area contributed by atoms with Gasteiger partial charge in [0.1, 0.15) is 16.1 Å². The molecule has 4 nitrogen and oxygen atoms in total. The number of nitro benzene ring substituents is 1. The Bertz CT molecular complexity index is 495. The summed E-state index contributed by atoms with van der Waals surface area (Å²) in [6.07, 6.45) is 0. The third kappa shape index (κ3) is 1.97. The Labute approximate surface area is 104 Å². The van der Waals surface area contributed by atoms with Crippen LogP contribution in [0.5, 0.6) is 0 Å². The van der Waals surface area contributed by atoms with Gasteiger partial charge in [0.15, 0.2) is 0 Å². The van der Waals surface area contributed by atoms with Gasteiger partial charge in [0, 0.05) is 0 Å². The lowest BCUT2D eigenvalue weighted by atomic mass is 10.2. The van der Waals surface area contributed by atoms with Gasteiger partial charge in [0.25, 0.3) is 0 Å². The van der Waals surface area contributed by atoms with Gasteiger partial charge in [-0.05, 0) is 0 Å². The van der Waals surface area contributed by atoms with E-state index in [9.17, 15) is 10.1 Å². The largest absolute Gasteiger partial charge is 0.309 e. The van der Waals surface area contributed by atoms with E-state index in [1.807, 2.05) is 0 Å². The van der Waals surface area contributed by atoms with Crippen LogP contribution in [0, 0.1) is 21.4 Å². The van der Waals surface area contributed by atoms with Crippen molar-refractivity contribution in [1.82, 2.24) is 0 Å². The van der Waals surface area contributed by atoms with Gasteiger partial charge in [0.05, 0.1) is 20.5 Å². The lowest BCUT2D eigenvalue weighted by Crippen LogP contribution is -1.95. The van der Waals surface area contributed by atoms with Crippen LogP contribution in [0.15, 0.2) is 0 Å². The minimum Gasteiger partial charge on any atom is -0.258 e. The second kappa shape index (κ2) is 4.42. The molecule has 0 aromatic heterocycles. The summed E-state index contributed by atoms with van der Waals surface area (Å²) in [5.41, 5.74) is -0.885. The first-order valence-corrected chi connectivity index (χ1v) is 4.83. The third-order valence-corrected chi connectivity index (χ3v) is 3.22. The van der Waals surface area contributed by atoms with Crippen LogP contribution < -0.4 is 0 Å². The summed E-state index contributed by atoms with van der Waals surface area (Å²) in [7, 11) is 0. The van der Waals surface area contributed by atoms with Gasteiger partial charge >= 0.3 is 5.69 Å². The predicted molar refractivity (Wildman–Crippen MR) is 57.9 cm³/mol. The Morgan fingerprint density at radius 3 is 2.00 bits per heavy atom. The van der Waals surface area contributed by atoms with Crippen molar-refractivity contribution >= 4 is 52.1 Å². The number of rotatable bonds is 1. The van der Waals surface area contributed by atoms with Gasteiger partial charge < -0.3 is 0 Å². The highest BCUT2D eigenvalue weighted by atomic mass is 35.5. The van der Waals surface area contributed by atoms with Crippen molar-refractivity contribution in [3.05, 3.63) is 35.8 Å². The van der Waals surface area contributed by atoms with E-state index in [4.69, 9.17) is 51.7 Å². The molecule has 0 bridgehead atoms. The SMILES string of the molecule is N#Cc1c(Cl)c(Cl)c(Cl)c([N+](=O)[O-])c1Cl. The van der Waals surface area contributed by atoms with Crippen molar-refractivity contribution in [2.75, 3.05) is 0 Å². The summed E-state index contributed by atoms with van der Waals surface area (Å²) in [6.45, 7) is 0. The monoisotopic (exact) mass is 284 g/mol. The van der Waals surface area contributed by atoms with Crippen molar-refractivity contribution in [1.29, 1.82) is 5.26 Å². The molecule has 0 aliphatic carbocycles. The molecule has 0 aliphatic heterocycles. The normalized spacial score (nSPS) is 9.80. The first-order valence-electron chi connectivity index (χ1n) is 3.32. The fourth-order valence-corrected chi connectivity index (χ4v) is 2.00. The molecule has 0 saturated carbocycles. The molecule has 1 aromatic rings. The van der Waals surface area contributed by atoms with Gasteiger partial charge in [-0.15, -0.1) is 0 Å². The van der Waals surface area contributed by atoms with E-state index in [-0.39, 0.29) is 20.6 Å². The minimum atomic E-state index is -0.826. The molecule has 0 amide bonds. The molecule has 0 saturated heterocycles. The van der Waals surface area contributed by atoms with Crippen LogP contribution in [-0.2, 0) is 0 Å². The summed E-state index contributed by atoms with van der Waals surface area (Å²) < 4.78 is 0. The van der Waals surface area contributed by atoms with Crippen LogP contribution in [0.2, 0.25) is 20.1 Å². The van der Waals surface area contributed by atoms with Gasteiger partial charge in [-0.3, -0.25) is 10.1 Å². The summed E-state index contributed by atoms with van der Waals surface area (Å²) in [5, 5.41) is 18.0. The highest BCUT2D eigenvalue weighted by Crippen LogP contribution is 2.44. The molecule has 15 heavy (non-hydrogen) atoms. The lowest BCUT2D eigenvalue weighted by molar-refractivity contribution is -0.384. The minimum absolute atomic E-state index is 0.195. The molecule has 0 fully saturated rings. The maximum Gasteiger partial charge on any atom is 0.309 e. The predicted octanol–water partition coefficient (Wildman–Crippen LogP) is 4.08. The molecular weight excluding hydrogens is 286 g/mol. The maximum atomic E-state index is 10.6. The molecular formula is C7Cl4N2O2. The van der Waals surface area contributed by atoms with Gasteiger partial charge in [-0.2, -0.15) is 5.26 Å². The third-order valence-electron chi connectivity index (χ3n) is 1.53. The molecule has 0 aliphatic rings. The number of hydrogen-bond donors (Lipinski definition) is 0. The zero-order chi connectivity index (χ0) is 11.7. The lowest BCUT2D eigenvalue weighted by Gasteiger charge is -2.04. The number of nitriles is 1. The van der Waals surface area contributed by atoms with Gasteiger partial charge in [-0.1, -0.05) is 46.4 Å². The fraction of sp³-hybridized carbons (Fsp3) is 0. The smallest absolute Gasteiger partial charge is 0.258 e. The zero-order valence-electron chi connectivity index (χ0n) is 6.72. The maximum absolute atomic E-state index is 10.6. The van der Waals surface area contributed by atoms with Crippen LogP contribution >= 0.6 is 46.4 Å². The average Bonchev–Trinajstić information content (AvgIpc) is 2.15. The van der Waals surface area contributed by atoms with E-state index < -0.39 is 15.6 Å². The van der Waals surface area contributed by atoms with Crippen molar-refractivity contribution in [2.45, 2.75) is 0 Å². The molecule has 0 unspecified atom stereocenters. The Morgan fingerprint density at radius 1 is 1.07 bits per heavy atom. The average molecular weight is 286 g/mol. The quantitative estimate of drug-likeness (QED) is 0.338. The number of nitro groups is 1. The summed E-state index contributed by atoms with van der Waals surface area (Å²) >= 11 is 22.4. The number of nitrogens with zero attached hydrogens (tertiary/aromatic N) is 2. The van der Waals surface area contributed by atoms with E-state index in [2.05, 4.69) is 0 Å². The van der Waals surface area contributed by atoms with Crippen molar-refractivity contribution in [3.8, 4) is 6.07 Å². The molecule has 8 heteroatoms. The summed E-state index contributed by atoms with van der Waals surface area (Å²) in [6, 6.07) is 1.62. The Balaban J connectivity index is 3.78. The molecule has 1 rings (SSSR count). The number of halogens is 4. The molecule has 0 radical (unpaired) electrons. The topological polar surface area (TPSA) is 66.9 Å². The number of benzene rings is 1. The van der Waals surface area contributed by atoms with E-state index >= 15 is 0 Å². The highest BCUT2D eigenvalue weighted by Gasteiger charge is 2.27. The molecule has 1 aromatic carbocycles. The van der Waals surface area contributed by atoms with Crippen LogP contribution in [0.1, 0.15) is 5.56 Å². The molecule has 78 valence electrons. The van der Waals surface area contributed by atoms with E-state index in [0.717, 1.165) is 0 Å². The Kier molecular flexibility index (Phi) is 3.63. The highest BCUT2D eigenvalue weighted by molar-refractivity contribution is 6.51. The van der Waals surface area contributed by atoms with Crippen molar-refractivity contribution in [2.24, 2.45) is 0 Å². The standard InChI is InChI=1S/C7Cl4N2O2/c8-3-2(1-12)4(9)7(13(14)15)6(11)5(3)10. The molecule has 0 spiro atoms. The van der Waals surface area contributed by atoms with Gasteiger partial charge in [-0.25, -0.2) is 0 Å². The second-order valence-corrected chi connectivity index (χ2v) is 3.86. The molecule has 0 N–H and O–H groups in total. The summed E-state index contributed by atoms with van der Waals surface area (Å²) in [4.78, 5) is 9.77.